The summed E-state index contributed by atoms with van der Waals surface area (Å²) in [6.45, 7) is 6.05. The fraction of sp³-hybridized carbons (Fsp3) is 1.00. The van der Waals surface area contributed by atoms with E-state index in [9.17, 15) is 0 Å². The van der Waals surface area contributed by atoms with Crippen LogP contribution in [0, 0.1) is 0 Å². The number of hydrogen-bond donors (Lipinski definition) is 2. The van der Waals surface area contributed by atoms with E-state index >= 15 is 0 Å². The molecule has 0 spiro atoms. The zero-order valence-electron chi connectivity index (χ0n) is 7.77. The van der Waals surface area contributed by atoms with Gasteiger partial charge < -0.3 is 10.4 Å². The Morgan fingerprint density at radius 1 is 1.18 bits per heavy atom. The Labute approximate surface area is 70.0 Å². The summed E-state index contributed by atoms with van der Waals surface area (Å²) in [5.74, 6) is 0. The first-order chi connectivity index (χ1) is 5.31. The van der Waals surface area contributed by atoms with Crippen molar-refractivity contribution in [2.75, 3.05) is 13.1 Å². The molecule has 2 nitrogen and oxygen atoms in total. The molecule has 0 amide bonds. The molecule has 0 aliphatic carbocycles. The van der Waals surface area contributed by atoms with Crippen LogP contribution in [0.2, 0.25) is 0 Å². The average Bonchev–Trinajstić information content (AvgIpc) is 1.98. The van der Waals surface area contributed by atoms with E-state index in [1.807, 2.05) is 0 Å². The van der Waals surface area contributed by atoms with Crippen molar-refractivity contribution in [3.8, 4) is 0 Å². The van der Waals surface area contributed by atoms with Crippen molar-refractivity contribution in [1.29, 1.82) is 0 Å². The molecule has 1 saturated heterocycles. The van der Waals surface area contributed by atoms with E-state index in [2.05, 4.69) is 19.2 Å². The smallest absolute Gasteiger partial charge is 0.0788 e. The Bertz CT molecular complexity index is 68.0. The van der Waals surface area contributed by atoms with Crippen molar-refractivity contribution in [2.24, 2.45) is 0 Å². The summed E-state index contributed by atoms with van der Waals surface area (Å²) in [5, 5.41) is 11.3. The van der Waals surface area contributed by atoms with Gasteiger partial charge in [0.25, 0.3) is 0 Å². The van der Waals surface area contributed by atoms with Gasteiger partial charge in [0.1, 0.15) is 0 Å². The number of aliphatic hydroxyl groups excluding tert-OH is 1. The summed E-state index contributed by atoms with van der Waals surface area (Å²) in [5.41, 5.74) is 0. The Morgan fingerprint density at radius 2 is 1.55 bits per heavy atom. The second-order valence-corrected chi connectivity index (χ2v) is 3.02. The van der Waals surface area contributed by atoms with Crippen LogP contribution in [0.4, 0.5) is 0 Å². The molecule has 1 aliphatic rings. The van der Waals surface area contributed by atoms with Gasteiger partial charge in [0, 0.05) is 13.1 Å². The molecule has 2 heteroatoms. The lowest BCUT2D eigenvalue weighted by Crippen LogP contribution is -2.46. The predicted molar refractivity (Wildman–Crippen MR) is 48.7 cm³/mol. The maximum atomic E-state index is 8.39. The molecule has 0 atom stereocenters. The fourth-order valence-corrected chi connectivity index (χ4v) is 0.773. The molecular formula is C9H21NO. The average molecular weight is 159 g/mol. The van der Waals surface area contributed by atoms with Gasteiger partial charge in [-0.1, -0.05) is 39.5 Å². The molecule has 0 aromatic rings. The van der Waals surface area contributed by atoms with Gasteiger partial charge in [-0.25, -0.2) is 0 Å². The lowest BCUT2D eigenvalue weighted by molar-refractivity contribution is 0.117. The lowest BCUT2D eigenvalue weighted by Gasteiger charge is -2.20. The number of β-amino-alcohol motifs (C(OH)–C–C–N with tert-alkyl or cyclic N) is 1. The van der Waals surface area contributed by atoms with Gasteiger partial charge in [0.2, 0.25) is 0 Å². The second kappa shape index (κ2) is 8.02. The van der Waals surface area contributed by atoms with Crippen molar-refractivity contribution in [1.82, 2.24) is 5.32 Å². The van der Waals surface area contributed by atoms with Crippen molar-refractivity contribution in [3.63, 3.8) is 0 Å². The summed E-state index contributed by atoms with van der Waals surface area (Å²) in [6, 6.07) is 0. The zero-order chi connectivity index (χ0) is 8.53. The first-order valence-electron chi connectivity index (χ1n) is 4.70. The van der Waals surface area contributed by atoms with Gasteiger partial charge in [-0.2, -0.15) is 0 Å². The molecule has 11 heavy (non-hydrogen) atoms. The van der Waals surface area contributed by atoms with E-state index < -0.39 is 0 Å². The molecule has 1 aliphatic heterocycles. The molecule has 68 valence electrons. The van der Waals surface area contributed by atoms with Crippen molar-refractivity contribution in [3.05, 3.63) is 0 Å². The second-order valence-electron chi connectivity index (χ2n) is 3.02. The SMILES string of the molecule is CCCCCC.OC1CNC1. The molecular weight excluding hydrogens is 138 g/mol. The standard InChI is InChI=1S/C6H14.C3H7NO/c1-3-5-6-4-2;5-3-1-4-2-3/h3-6H2,1-2H3;3-5H,1-2H2. The van der Waals surface area contributed by atoms with Gasteiger partial charge in [-0.05, 0) is 0 Å². The highest BCUT2D eigenvalue weighted by Crippen LogP contribution is 1.95. The third-order valence-electron chi connectivity index (χ3n) is 1.72. The van der Waals surface area contributed by atoms with Gasteiger partial charge in [0.05, 0.1) is 6.10 Å². The Hall–Kier alpha value is -0.0800. The van der Waals surface area contributed by atoms with Gasteiger partial charge in [0.15, 0.2) is 0 Å². The van der Waals surface area contributed by atoms with Crippen molar-refractivity contribution in [2.45, 2.75) is 45.6 Å². The summed E-state index contributed by atoms with van der Waals surface area (Å²) in [4.78, 5) is 0. The minimum absolute atomic E-state index is 0.0463. The number of rotatable bonds is 3. The van der Waals surface area contributed by atoms with Crippen LogP contribution in [0.25, 0.3) is 0 Å². The topological polar surface area (TPSA) is 32.3 Å². The van der Waals surface area contributed by atoms with Crippen LogP contribution >= 0.6 is 0 Å². The Kier molecular flexibility index (Phi) is 7.96. The molecule has 0 radical (unpaired) electrons. The summed E-state index contributed by atoms with van der Waals surface area (Å²) >= 11 is 0. The first kappa shape index (κ1) is 10.9. The van der Waals surface area contributed by atoms with Crippen LogP contribution in [-0.2, 0) is 0 Å². The van der Waals surface area contributed by atoms with E-state index in [-0.39, 0.29) is 6.10 Å². The van der Waals surface area contributed by atoms with Crippen molar-refractivity contribution < 1.29 is 5.11 Å². The Morgan fingerprint density at radius 3 is 1.64 bits per heavy atom. The number of nitrogens with one attached hydrogen (secondary N) is 1. The monoisotopic (exact) mass is 159 g/mol. The zero-order valence-corrected chi connectivity index (χ0v) is 7.77. The highest BCUT2D eigenvalue weighted by molar-refractivity contribution is 4.71. The van der Waals surface area contributed by atoms with E-state index in [1.165, 1.54) is 25.7 Å². The molecule has 1 fully saturated rings. The number of aliphatic hydroxyl groups is 1. The molecule has 1 rings (SSSR count). The van der Waals surface area contributed by atoms with Gasteiger partial charge in [-0.15, -0.1) is 0 Å². The van der Waals surface area contributed by atoms with E-state index in [0.717, 1.165) is 13.1 Å². The molecule has 2 N–H and O–H groups in total. The van der Waals surface area contributed by atoms with Crippen molar-refractivity contribution >= 4 is 0 Å². The normalized spacial score (nSPS) is 16.6. The Balaban J connectivity index is 0.000000183. The van der Waals surface area contributed by atoms with E-state index in [1.54, 1.807) is 0 Å². The number of hydrogen-bond acceptors (Lipinski definition) is 2. The van der Waals surface area contributed by atoms with Crippen LogP contribution in [-0.4, -0.2) is 24.3 Å². The maximum absolute atomic E-state index is 8.39. The van der Waals surface area contributed by atoms with Gasteiger partial charge in [-0.3, -0.25) is 0 Å². The molecule has 0 aromatic carbocycles. The highest BCUT2D eigenvalue weighted by Gasteiger charge is 2.10. The fourth-order valence-electron chi connectivity index (χ4n) is 0.773. The minimum Gasteiger partial charge on any atom is -0.390 e. The van der Waals surface area contributed by atoms with Crippen LogP contribution in [0.15, 0.2) is 0 Å². The highest BCUT2D eigenvalue weighted by atomic mass is 16.3. The molecule has 1 heterocycles. The summed E-state index contributed by atoms with van der Waals surface area (Å²) in [7, 11) is 0. The third kappa shape index (κ3) is 7.82. The lowest BCUT2D eigenvalue weighted by atomic mass is 10.2. The molecule has 0 saturated carbocycles. The molecule has 0 unspecified atom stereocenters. The maximum Gasteiger partial charge on any atom is 0.0788 e. The van der Waals surface area contributed by atoms with Crippen LogP contribution in [0.1, 0.15) is 39.5 Å². The quantitative estimate of drug-likeness (QED) is 0.612. The molecule has 0 aromatic heterocycles. The van der Waals surface area contributed by atoms with Gasteiger partial charge >= 0.3 is 0 Å². The first-order valence-corrected chi connectivity index (χ1v) is 4.70. The molecule has 0 bridgehead atoms. The largest absolute Gasteiger partial charge is 0.390 e. The van der Waals surface area contributed by atoms with Crippen LogP contribution in [0.5, 0.6) is 0 Å². The summed E-state index contributed by atoms with van der Waals surface area (Å²) < 4.78 is 0. The minimum atomic E-state index is -0.0463. The van der Waals surface area contributed by atoms with Crippen LogP contribution < -0.4 is 5.32 Å². The third-order valence-corrected chi connectivity index (χ3v) is 1.72. The van der Waals surface area contributed by atoms with E-state index in [4.69, 9.17) is 5.11 Å². The number of unbranched alkanes of at least 4 members (excludes halogenated alkanes) is 3. The van der Waals surface area contributed by atoms with E-state index in [0.29, 0.717) is 0 Å². The van der Waals surface area contributed by atoms with Crippen LogP contribution in [0.3, 0.4) is 0 Å². The summed E-state index contributed by atoms with van der Waals surface area (Å²) in [6.07, 6.45) is 5.49. The predicted octanol–water partition coefficient (Wildman–Crippen LogP) is 1.54.